The van der Waals surface area contributed by atoms with Crippen molar-refractivity contribution in [1.29, 1.82) is 0 Å². The van der Waals surface area contributed by atoms with Crippen LogP contribution in [-0.2, 0) is 6.54 Å². The third-order valence-corrected chi connectivity index (χ3v) is 3.12. The van der Waals surface area contributed by atoms with Gasteiger partial charge in [0.05, 0.1) is 10.7 Å². The molecule has 0 fully saturated rings. The van der Waals surface area contributed by atoms with Gasteiger partial charge in [0, 0.05) is 30.1 Å². The summed E-state index contributed by atoms with van der Waals surface area (Å²) in [5.41, 5.74) is 2.52. The molecule has 94 valence electrons. The highest BCUT2D eigenvalue weighted by atomic mass is 35.5. The third kappa shape index (κ3) is 2.47. The molecule has 0 saturated heterocycles. The summed E-state index contributed by atoms with van der Waals surface area (Å²) >= 11 is 6.19. The summed E-state index contributed by atoms with van der Waals surface area (Å²) in [6.45, 7) is 2.44. The first-order chi connectivity index (χ1) is 8.63. The van der Waals surface area contributed by atoms with E-state index >= 15 is 0 Å². The van der Waals surface area contributed by atoms with Gasteiger partial charge in [-0.05, 0) is 26.1 Å². The second-order valence-corrected chi connectivity index (χ2v) is 4.56. The van der Waals surface area contributed by atoms with E-state index in [-0.39, 0.29) is 5.43 Å². The number of benzene rings is 1. The summed E-state index contributed by atoms with van der Waals surface area (Å²) in [5.74, 6) is 0. The van der Waals surface area contributed by atoms with E-state index in [9.17, 15) is 4.79 Å². The highest BCUT2D eigenvalue weighted by Crippen LogP contribution is 2.20. The SMILES string of the molecule is CNCc1cn(-c2ccccc2Cl)c(C)cc1=O. The van der Waals surface area contributed by atoms with Crippen molar-refractivity contribution >= 4 is 11.6 Å². The molecule has 0 saturated carbocycles. The molecule has 0 atom stereocenters. The van der Waals surface area contributed by atoms with Crippen molar-refractivity contribution in [3.8, 4) is 5.69 Å². The number of rotatable bonds is 3. The lowest BCUT2D eigenvalue weighted by atomic mass is 10.2. The number of nitrogens with one attached hydrogen (secondary N) is 1. The number of para-hydroxylation sites is 1. The normalized spacial score (nSPS) is 10.6. The molecule has 2 aromatic rings. The summed E-state index contributed by atoms with van der Waals surface area (Å²) in [4.78, 5) is 11.8. The van der Waals surface area contributed by atoms with E-state index < -0.39 is 0 Å². The predicted octanol–water partition coefficient (Wildman–Crippen LogP) is 2.52. The molecule has 18 heavy (non-hydrogen) atoms. The molecule has 0 unspecified atom stereocenters. The van der Waals surface area contributed by atoms with Crippen molar-refractivity contribution in [3.05, 3.63) is 63.0 Å². The minimum Gasteiger partial charge on any atom is -0.319 e. The number of pyridine rings is 1. The molecule has 1 heterocycles. The van der Waals surface area contributed by atoms with Crippen LogP contribution in [0.3, 0.4) is 0 Å². The number of hydrogen-bond acceptors (Lipinski definition) is 2. The monoisotopic (exact) mass is 262 g/mol. The van der Waals surface area contributed by atoms with Crippen LogP contribution in [0.15, 0.2) is 41.3 Å². The zero-order chi connectivity index (χ0) is 13.1. The van der Waals surface area contributed by atoms with Crippen LogP contribution in [0.2, 0.25) is 5.02 Å². The fraction of sp³-hybridized carbons (Fsp3) is 0.214. The average Bonchev–Trinajstić information content (AvgIpc) is 2.34. The van der Waals surface area contributed by atoms with Gasteiger partial charge < -0.3 is 9.88 Å². The van der Waals surface area contributed by atoms with Crippen LogP contribution in [-0.4, -0.2) is 11.6 Å². The van der Waals surface area contributed by atoms with Gasteiger partial charge in [0.15, 0.2) is 5.43 Å². The molecule has 0 aliphatic heterocycles. The van der Waals surface area contributed by atoms with E-state index in [1.807, 2.05) is 49.0 Å². The summed E-state index contributed by atoms with van der Waals surface area (Å²) in [6, 6.07) is 9.22. The van der Waals surface area contributed by atoms with Crippen LogP contribution in [0.25, 0.3) is 5.69 Å². The molecule has 1 aromatic carbocycles. The zero-order valence-corrected chi connectivity index (χ0v) is 11.2. The van der Waals surface area contributed by atoms with E-state index in [2.05, 4.69) is 5.32 Å². The Bertz CT molecular complexity index is 619. The van der Waals surface area contributed by atoms with Gasteiger partial charge >= 0.3 is 0 Å². The van der Waals surface area contributed by atoms with Crippen molar-refractivity contribution in [2.24, 2.45) is 0 Å². The van der Waals surface area contributed by atoms with E-state index in [4.69, 9.17) is 11.6 Å². The Balaban J connectivity index is 2.61. The summed E-state index contributed by atoms with van der Waals surface area (Å²) in [5, 5.41) is 3.66. The topological polar surface area (TPSA) is 34.0 Å². The Labute approximate surface area is 111 Å². The van der Waals surface area contributed by atoms with Gasteiger partial charge in [-0.15, -0.1) is 0 Å². The van der Waals surface area contributed by atoms with E-state index in [0.717, 1.165) is 16.9 Å². The second-order valence-electron chi connectivity index (χ2n) is 4.16. The number of aromatic nitrogens is 1. The summed E-state index contributed by atoms with van der Waals surface area (Å²) in [6.07, 6.45) is 1.84. The fourth-order valence-electron chi connectivity index (χ4n) is 1.90. The molecule has 0 spiro atoms. The average molecular weight is 263 g/mol. The van der Waals surface area contributed by atoms with Gasteiger partial charge in [0.2, 0.25) is 0 Å². The van der Waals surface area contributed by atoms with Crippen LogP contribution in [0.1, 0.15) is 11.3 Å². The van der Waals surface area contributed by atoms with Crippen molar-refractivity contribution in [3.63, 3.8) is 0 Å². The highest BCUT2D eigenvalue weighted by molar-refractivity contribution is 6.32. The maximum Gasteiger partial charge on any atom is 0.186 e. The molecule has 0 aliphatic rings. The van der Waals surface area contributed by atoms with Crippen LogP contribution in [0.4, 0.5) is 0 Å². The van der Waals surface area contributed by atoms with Gasteiger partial charge in [0.25, 0.3) is 0 Å². The minimum atomic E-state index is 0.0464. The molecule has 2 rings (SSSR count). The molecule has 4 heteroatoms. The standard InChI is InChI=1S/C14H15ClN2O/c1-10-7-14(18)11(8-16-2)9-17(10)13-6-4-3-5-12(13)15/h3-7,9,16H,8H2,1-2H3. The maximum atomic E-state index is 11.8. The molecule has 0 amide bonds. The first-order valence-corrected chi connectivity index (χ1v) is 6.13. The smallest absolute Gasteiger partial charge is 0.186 e. The highest BCUT2D eigenvalue weighted by Gasteiger charge is 2.07. The number of nitrogens with zero attached hydrogens (tertiary/aromatic N) is 1. The lowest BCUT2D eigenvalue weighted by Gasteiger charge is -2.14. The van der Waals surface area contributed by atoms with Gasteiger partial charge in [0.1, 0.15) is 0 Å². The van der Waals surface area contributed by atoms with Crippen LogP contribution >= 0.6 is 11.6 Å². The maximum absolute atomic E-state index is 11.8. The largest absolute Gasteiger partial charge is 0.319 e. The van der Waals surface area contributed by atoms with E-state index in [1.165, 1.54) is 0 Å². The summed E-state index contributed by atoms with van der Waals surface area (Å²) < 4.78 is 1.94. The Kier molecular flexibility index (Phi) is 3.84. The molecule has 0 aliphatic carbocycles. The minimum absolute atomic E-state index is 0.0464. The Morgan fingerprint density at radius 3 is 2.72 bits per heavy atom. The molecule has 1 aromatic heterocycles. The molecule has 3 nitrogen and oxygen atoms in total. The van der Waals surface area contributed by atoms with E-state index in [1.54, 1.807) is 6.07 Å². The molecule has 0 radical (unpaired) electrons. The van der Waals surface area contributed by atoms with Gasteiger partial charge in [-0.3, -0.25) is 4.79 Å². The fourth-order valence-corrected chi connectivity index (χ4v) is 2.13. The van der Waals surface area contributed by atoms with Crippen molar-refractivity contribution in [2.45, 2.75) is 13.5 Å². The number of hydrogen-bond donors (Lipinski definition) is 1. The quantitative estimate of drug-likeness (QED) is 0.922. The van der Waals surface area contributed by atoms with E-state index in [0.29, 0.717) is 11.6 Å². The van der Waals surface area contributed by atoms with Crippen molar-refractivity contribution in [2.75, 3.05) is 7.05 Å². The second kappa shape index (κ2) is 5.38. The summed E-state index contributed by atoms with van der Waals surface area (Å²) in [7, 11) is 1.82. The Morgan fingerprint density at radius 1 is 1.33 bits per heavy atom. The predicted molar refractivity (Wildman–Crippen MR) is 74.5 cm³/mol. The Hall–Kier alpha value is -1.58. The van der Waals surface area contributed by atoms with Crippen molar-refractivity contribution < 1.29 is 0 Å². The Morgan fingerprint density at radius 2 is 2.06 bits per heavy atom. The van der Waals surface area contributed by atoms with Crippen molar-refractivity contribution in [1.82, 2.24) is 9.88 Å². The number of aryl methyl sites for hydroxylation is 1. The van der Waals surface area contributed by atoms with Crippen LogP contribution in [0.5, 0.6) is 0 Å². The third-order valence-electron chi connectivity index (χ3n) is 2.80. The van der Waals surface area contributed by atoms with Crippen LogP contribution in [0, 0.1) is 6.92 Å². The number of halogens is 1. The molecule has 0 bridgehead atoms. The lowest BCUT2D eigenvalue weighted by molar-refractivity contribution is 0.794. The van der Waals surface area contributed by atoms with Gasteiger partial charge in [-0.2, -0.15) is 0 Å². The molecule has 1 N–H and O–H groups in total. The van der Waals surface area contributed by atoms with Gasteiger partial charge in [-0.25, -0.2) is 0 Å². The first-order valence-electron chi connectivity index (χ1n) is 5.75. The first kappa shape index (κ1) is 12.9. The zero-order valence-electron chi connectivity index (χ0n) is 10.4. The van der Waals surface area contributed by atoms with Crippen LogP contribution < -0.4 is 10.7 Å². The molecular weight excluding hydrogens is 248 g/mol. The molecular formula is C14H15ClN2O. The van der Waals surface area contributed by atoms with Gasteiger partial charge in [-0.1, -0.05) is 23.7 Å². The lowest BCUT2D eigenvalue weighted by Crippen LogP contribution is -2.19.